The molecule has 0 aromatic heterocycles. The monoisotopic (exact) mass is 310 g/mol. The summed E-state index contributed by atoms with van der Waals surface area (Å²) in [6.07, 6.45) is 2.65. The molecule has 2 rings (SSSR count). The number of rotatable bonds is 4. The van der Waals surface area contributed by atoms with Crippen LogP contribution in [0.2, 0.25) is 0 Å². The first-order chi connectivity index (χ1) is 10.5. The van der Waals surface area contributed by atoms with Crippen molar-refractivity contribution in [3.8, 4) is 11.5 Å². The molecule has 0 aliphatic heterocycles. The zero-order valence-electron chi connectivity index (χ0n) is 11.4. The minimum absolute atomic E-state index is 0.125. The lowest BCUT2D eigenvalue weighted by Crippen LogP contribution is -2.03. The van der Waals surface area contributed by atoms with Crippen LogP contribution in [0.15, 0.2) is 30.3 Å². The SMILES string of the molecule is C/C=C/c1c(F)c(F)c(Oc2cccc(C=O)c2)c(F)c1F. The van der Waals surface area contributed by atoms with Crippen molar-refractivity contribution in [1.82, 2.24) is 0 Å². The first kappa shape index (κ1) is 15.8. The van der Waals surface area contributed by atoms with Crippen molar-refractivity contribution < 1.29 is 27.1 Å². The third-order valence-electron chi connectivity index (χ3n) is 2.80. The summed E-state index contributed by atoms with van der Waals surface area (Å²) in [4.78, 5) is 10.6. The summed E-state index contributed by atoms with van der Waals surface area (Å²) >= 11 is 0. The Hall–Kier alpha value is -2.63. The number of carbonyl (C=O) groups is 1. The molecule has 0 saturated heterocycles. The molecule has 0 spiro atoms. The molecule has 0 heterocycles. The Morgan fingerprint density at radius 1 is 1.00 bits per heavy atom. The molecule has 0 radical (unpaired) electrons. The summed E-state index contributed by atoms with van der Waals surface area (Å²) in [5.74, 6) is -7.74. The molecule has 0 atom stereocenters. The van der Waals surface area contributed by atoms with E-state index in [2.05, 4.69) is 0 Å². The van der Waals surface area contributed by atoms with Crippen LogP contribution in [0.1, 0.15) is 22.8 Å². The van der Waals surface area contributed by atoms with E-state index in [1.807, 2.05) is 0 Å². The number of aldehydes is 1. The Labute approximate surface area is 123 Å². The number of hydrogen-bond acceptors (Lipinski definition) is 2. The first-order valence-electron chi connectivity index (χ1n) is 6.21. The molecule has 22 heavy (non-hydrogen) atoms. The minimum Gasteiger partial charge on any atom is -0.451 e. The van der Waals surface area contributed by atoms with Gasteiger partial charge < -0.3 is 4.74 Å². The first-order valence-corrected chi connectivity index (χ1v) is 6.21. The van der Waals surface area contributed by atoms with Crippen molar-refractivity contribution in [1.29, 1.82) is 0 Å². The van der Waals surface area contributed by atoms with E-state index in [1.54, 1.807) is 0 Å². The van der Waals surface area contributed by atoms with Crippen molar-refractivity contribution in [2.75, 3.05) is 0 Å². The van der Waals surface area contributed by atoms with Crippen LogP contribution in [0.5, 0.6) is 11.5 Å². The number of ether oxygens (including phenoxy) is 1. The molecular weight excluding hydrogens is 300 g/mol. The second-order valence-corrected chi connectivity index (χ2v) is 4.29. The molecule has 0 saturated carbocycles. The third-order valence-corrected chi connectivity index (χ3v) is 2.80. The lowest BCUT2D eigenvalue weighted by atomic mass is 10.1. The average Bonchev–Trinajstić information content (AvgIpc) is 2.54. The van der Waals surface area contributed by atoms with E-state index in [0.717, 1.165) is 6.08 Å². The fraction of sp³-hybridized carbons (Fsp3) is 0.0625. The van der Waals surface area contributed by atoms with Gasteiger partial charge in [-0.3, -0.25) is 4.79 Å². The van der Waals surface area contributed by atoms with Gasteiger partial charge in [0.05, 0.1) is 5.56 Å². The Morgan fingerprint density at radius 2 is 1.64 bits per heavy atom. The molecule has 0 amide bonds. The molecule has 0 bridgehead atoms. The molecule has 0 unspecified atom stereocenters. The highest BCUT2D eigenvalue weighted by molar-refractivity contribution is 5.75. The lowest BCUT2D eigenvalue weighted by molar-refractivity contribution is 0.112. The second kappa shape index (κ2) is 6.43. The predicted octanol–water partition coefficient (Wildman–Crippen LogP) is 4.88. The smallest absolute Gasteiger partial charge is 0.205 e. The molecule has 0 aliphatic rings. The van der Waals surface area contributed by atoms with Crippen LogP contribution in [0.25, 0.3) is 6.08 Å². The lowest BCUT2D eigenvalue weighted by Gasteiger charge is -2.11. The van der Waals surface area contributed by atoms with Gasteiger partial charge >= 0.3 is 0 Å². The van der Waals surface area contributed by atoms with Crippen molar-refractivity contribution in [3.05, 3.63) is 64.7 Å². The van der Waals surface area contributed by atoms with Crippen LogP contribution in [-0.4, -0.2) is 6.29 Å². The van der Waals surface area contributed by atoms with Gasteiger partial charge in [0.1, 0.15) is 12.0 Å². The van der Waals surface area contributed by atoms with Crippen LogP contribution < -0.4 is 4.74 Å². The van der Waals surface area contributed by atoms with Crippen LogP contribution in [0, 0.1) is 23.3 Å². The quantitative estimate of drug-likeness (QED) is 0.457. The maximum Gasteiger partial charge on any atom is 0.205 e. The molecule has 6 heteroatoms. The van der Waals surface area contributed by atoms with Crippen LogP contribution in [0.3, 0.4) is 0 Å². The molecule has 0 aliphatic carbocycles. The number of benzene rings is 2. The minimum atomic E-state index is -1.65. The molecule has 0 N–H and O–H groups in total. The standard InChI is InChI=1S/C16H10F4O2/c1-2-4-11-12(17)14(19)16(15(20)13(11)18)22-10-6-3-5-9(7-10)8-21/h2-8H,1H3/b4-2+. The zero-order chi connectivity index (χ0) is 16.3. The van der Waals surface area contributed by atoms with Crippen molar-refractivity contribution >= 4 is 12.4 Å². The Kier molecular flexibility index (Phi) is 4.60. The summed E-state index contributed by atoms with van der Waals surface area (Å²) in [7, 11) is 0. The predicted molar refractivity (Wildman–Crippen MR) is 72.9 cm³/mol. The molecular formula is C16H10F4O2. The number of carbonyl (C=O) groups excluding carboxylic acids is 1. The van der Waals surface area contributed by atoms with Gasteiger partial charge in [0.15, 0.2) is 11.6 Å². The van der Waals surface area contributed by atoms with Gasteiger partial charge in [-0.15, -0.1) is 0 Å². The topological polar surface area (TPSA) is 26.3 Å². The Bertz CT molecular complexity index is 725. The fourth-order valence-corrected chi connectivity index (χ4v) is 1.80. The normalized spacial score (nSPS) is 11.0. The van der Waals surface area contributed by atoms with Gasteiger partial charge in [0, 0.05) is 5.56 Å². The van der Waals surface area contributed by atoms with Gasteiger partial charge in [0.2, 0.25) is 17.4 Å². The zero-order valence-corrected chi connectivity index (χ0v) is 11.4. The molecule has 114 valence electrons. The highest BCUT2D eigenvalue weighted by atomic mass is 19.2. The van der Waals surface area contributed by atoms with Crippen molar-refractivity contribution in [2.24, 2.45) is 0 Å². The average molecular weight is 310 g/mol. The van der Waals surface area contributed by atoms with Gasteiger partial charge in [0.25, 0.3) is 0 Å². The fourth-order valence-electron chi connectivity index (χ4n) is 1.80. The summed E-state index contributed by atoms with van der Waals surface area (Å²) in [6.45, 7) is 1.45. The van der Waals surface area contributed by atoms with E-state index in [1.165, 1.54) is 37.3 Å². The highest BCUT2D eigenvalue weighted by Gasteiger charge is 2.25. The van der Waals surface area contributed by atoms with Crippen molar-refractivity contribution in [2.45, 2.75) is 6.92 Å². The van der Waals surface area contributed by atoms with Gasteiger partial charge in [-0.2, -0.15) is 8.78 Å². The van der Waals surface area contributed by atoms with Crippen LogP contribution >= 0.6 is 0 Å². The molecule has 2 aromatic carbocycles. The molecule has 2 aromatic rings. The summed E-state index contributed by atoms with van der Waals surface area (Å²) < 4.78 is 60.2. The second-order valence-electron chi connectivity index (χ2n) is 4.29. The largest absolute Gasteiger partial charge is 0.451 e. The highest BCUT2D eigenvalue weighted by Crippen LogP contribution is 2.34. The van der Waals surface area contributed by atoms with E-state index >= 15 is 0 Å². The molecule has 2 nitrogen and oxygen atoms in total. The van der Waals surface area contributed by atoms with E-state index in [4.69, 9.17) is 4.74 Å². The Balaban J connectivity index is 2.54. The van der Waals surface area contributed by atoms with E-state index in [-0.39, 0.29) is 11.3 Å². The third kappa shape index (κ3) is 2.86. The van der Waals surface area contributed by atoms with Gasteiger partial charge in [-0.05, 0) is 19.1 Å². The molecule has 0 fully saturated rings. The number of allylic oxidation sites excluding steroid dienone is 1. The Morgan fingerprint density at radius 3 is 2.18 bits per heavy atom. The summed E-state index contributed by atoms with van der Waals surface area (Å²) in [5, 5.41) is 0. The summed E-state index contributed by atoms with van der Waals surface area (Å²) in [5.41, 5.74) is -0.642. The van der Waals surface area contributed by atoms with Crippen LogP contribution in [0.4, 0.5) is 17.6 Å². The number of halogens is 4. The van der Waals surface area contributed by atoms with Gasteiger partial charge in [-0.25, -0.2) is 8.78 Å². The van der Waals surface area contributed by atoms with Crippen LogP contribution in [-0.2, 0) is 0 Å². The van der Waals surface area contributed by atoms with E-state index < -0.39 is 34.6 Å². The van der Waals surface area contributed by atoms with E-state index in [0.29, 0.717) is 6.29 Å². The maximum atomic E-state index is 13.9. The summed E-state index contributed by atoms with van der Waals surface area (Å²) in [6, 6.07) is 5.31. The number of hydrogen-bond donors (Lipinski definition) is 0. The maximum absolute atomic E-state index is 13.9. The van der Waals surface area contributed by atoms with Gasteiger partial charge in [-0.1, -0.05) is 24.3 Å². The van der Waals surface area contributed by atoms with Crippen molar-refractivity contribution in [3.63, 3.8) is 0 Å². The van der Waals surface area contributed by atoms with E-state index in [9.17, 15) is 22.4 Å².